The molecule has 0 unspecified atom stereocenters. The quantitative estimate of drug-likeness (QED) is 0.635. The highest BCUT2D eigenvalue weighted by molar-refractivity contribution is 9.10. The third-order valence-electron chi connectivity index (χ3n) is 1.24. The van der Waals surface area contributed by atoms with Crippen molar-refractivity contribution >= 4 is 22.0 Å². The Morgan fingerprint density at radius 3 is 2.55 bits per heavy atom. The van der Waals surface area contributed by atoms with Gasteiger partial charge in [0, 0.05) is 10.0 Å². The molecule has 0 aliphatic rings. The summed E-state index contributed by atoms with van der Waals surface area (Å²) in [5.41, 5.74) is 0.164. The van der Waals surface area contributed by atoms with Gasteiger partial charge in [0.25, 0.3) is 0 Å². The van der Waals surface area contributed by atoms with Crippen LogP contribution in [0.2, 0.25) is 0 Å². The molecule has 0 aliphatic heterocycles. The van der Waals surface area contributed by atoms with Crippen molar-refractivity contribution in [3.05, 3.63) is 40.4 Å². The Labute approximate surface area is 71.7 Å². The third-order valence-corrected chi connectivity index (χ3v) is 1.70. The van der Waals surface area contributed by atoms with Gasteiger partial charge in [-0.3, -0.25) is 0 Å². The van der Waals surface area contributed by atoms with Crippen LogP contribution in [0.1, 0.15) is 5.56 Å². The standard InChI is InChI=1S/C8H5BrF2/c1-2-5-3-6(9)4-7(10)8(5)11/h2-4H,1H2. The van der Waals surface area contributed by atoms with E-state index in [0.717, 1.165) is 6.07 Å². The minimum atomic E-state index is -0.866. The Bertz CT molecular complexity index is 294. The number of rotatable bonds is 1. The van der Waals surface area contributed by atoms with Crippen molar-refractivity contribution in [3.63, 3.8) is 0 Å². The highest BCUT2D eigenvalue weighted by Crippen LogP contribution is 2.19. The maximum absolute atomic E-state index is 12.7. The second-order valence-corrected chi connectivity index (χ2v) is 2.91. The highest BCUT2D eigenvalue weighted by Gasteiger charge is 2.06. The summed E-state index contributed by atoms with van der Waals surface area (Å²) in [5.74, 6) is -1.72. The molecule has 0 heterocycles. The van der Waals surface area contributed by atoms with Crippen LogP contribution in [0.25, 0.3) is 6.08 Å². The summed E-state index contributed by atoms with van der Waals surface area (Å²) in [7, 11) is 0. The molecule has 1 rings (SSSR count). The second-order valence-electron chi connectivity index (χ2n) is 1.99. The fourth-order valence-electron chi connectivity index (χ4n) is 0.724. The van der Waals surface area contributed by atoms with Gasteiger partial charge < -0.3 is 0 Å². The third kappa shape index (κ3) is 1.66. The van der Waals surface area contributed by atoms with Crippen molar-refractivity contribution in [1.29, 1.82) is 0 Å². The largest absolute Gasteiger partial charge is 0.204 e. The number of benzene rings is 1. The first-order chi connectivity index (χ1) is 5.15. The van der Waals surface area contributed by atoms with Crippen molar-refractivity contribution in [2.24, 2.45) is 0 Å². The summed E-state index contributed by atoms with van der Waals surface area (Å²) >= 11 is 3.03. The van der Waals surface area contributed by atoms with Crippen LogP contribution in [0.3, 0.4) is 0 Å². The van der Waals surface area contributed by atoms with Gasteiger partial charge in [-0.2, -0.15) is 0 Å². The summed E-state index contributed by atoms with van der Waals surface area (Å²) in [6.45, 7) is 3.35. The minimum Gasteiger partial charge on any atom is -0.204 e. The first-order valence-corrected chi connectivity index (χ1v) is 3.71. The van der Waals surface area contributed by atoms with Gasteiger partial charge in [-0.15, -0.1) is 0 Å². The van der Waals surface area contributed by atoms with Crippen LogP contribution >= 0.6 is 15.9 Å². The first kappa shape index (κ1) is 8.40. The van der Waals surface area contributed by atoms with Crippen LogP contribution in [-0.2, 0) is 0 Å². The Morgan fingerprint density at radius 1 is 1.36 bits per heavy atom. The average Bonchev–Trinajstić information content (AvgIpc) is 1.96. The van der Waals surface area contributed by atoms with E-state index in [4.69, 9.17) is 0 Å². The molecule has 0 aromatic heterocycles. The molecule has 0 amide bonds. The molecule has 1 aromatic rings. The molecule has 58 valence electrons. The van der Waals surface area contributed by atoms with Crippen molar-refractivity contribution in [3.8, 4) is 0 Å². The second kappa shape index (κ2) is 3.13. The zero-order chi connectivity index (χ0) is 8.43. The monoisotopic (exact) mass is 218 g/mol. The molecule has 0 spiro atoms. The first-order valence-electron chi connectivity index (χ1n) is 2.92. The molecular weight excluding hydrogens is 214 g/mol. The Hall–Kier alpha value is -0.700. The Balaban J connectivity index is 3.35. The smallest absolute Gasteiger partial charge is 0.166 e. The SMILES string of the molecule is C=Cc1cc(Br)cc(F)c1F. The molecule has 1 aromatic carbocycles. The number of hydrogen-bond donors (Lipinski definition) is 0. The van der Waals surface area contributed by atoms with Crippen molar-refractivity contribution < 1.29 is 8.78 Å². The molecule has 0 radical (unpaired) electrons. The predicted octanol–water partition coefficient (Wildman–Crippen LogP) is 3.37. The van der Waals surface area contributed by atoms with Crippen molar-refractivity contribution in [1.82, 2.24) is 0 Å². The van der Waals surface area contributed by atoms with Gasteiger partial charge in [-0.25, -0.2) is 8.78 Å². The fraction of sp³-hybridized carbons (Fsp3) is 0. The van der Waals surface area contributed by atoms with Gasteiger partial charge in [-0.1, -0.05) is 28.6 Å². The molecular formula is C8H5BrF2. The van der Waals surface area contributed by atoms with Crippen LogP contribution < -0.4 is 0 Å². The molecule has 0 saturated carbocycles. The van der Waals surface area contributed by atoms with Crippen LogP contribution in [0.5, 0.6) is 0 Å². The van der Waals surface area contributed by atoms with E-state index in [2.05, 4.69) is 22.5 Å². The topological polar surface area (TPSA) is 0 Å². The molecule has 0 N–H and O–H groups in total. The molecule has 0 fully saturated rings. The lowest BCUT2D eigenvalue weighted by Gasteiger charge is -1.98. The highest BCUT2D eigenvalue weighted by atomic mass is 79.9. The Morgan fingerprint density at radius 2 is 2.00 bits per heavy atom. The lowest BCUT2D eigenvalue weighted by Crippen LogP contribution is -1.87. The summed E-state index contributed by atoms with van der Waals surface area (Å²) in [5, 5.41) is 0. The summed E-state index contributed by atoms with van der Waals surface area (Å²) in [6, 6.07) is 2.54. The zero-order valence-corrected chi connectivity index (χ0v) is 7.16. The van der Waals surface area contributed by atoms with Gasteiger partial charge in [0.05, 0.1) is 0 Å². The van der Waals surface area contributed by atoms with Gasteiger partial charge in [0.1, 0.15) is 0 Å². The lowest BCUT2D eigenvalue weighted by molar-refractivity contribution is 0.506. The van der Waals surface area contributed by atoms with Crippen molar-refractivity contribution in [2.45, 2.75) is 0 Å². The van der Waals surface area contributed by atoms with Gasteiger partial charge in [0.2, 0.25) is 0 Å². The van der Waals surface area contributed by atoms with Crippen molar-refractivity contribution in [2.75, 3.05) is 0 Å². The normalized spacial score (nSPS) is 9.73. The van der Waals surface area contributed by atoms with Gasteiger partial charge >= 0.3 is 0 Å². The maximum atomic E-state index is 12.7. The molecule has 11 heavy (non-hydrogen) atoms. The van der Waals surface area contributed by atoms with E-state index < -0.39 is 11.6 Å². The molecule has 0 aliphatic carbocycles. The van der Waals surface area contributed by atoms with Crippen LogP contribution in [0.4, 0.5) is 8.78 Å². The van der Waals surface area contributed by atoms with E-state index in [9.17, 15) is 8.78 Å². The minimum absolute atomic E-state index is 0.164. The molecule has 0 saturated heterocycles. The van der Waals surface area contributed by atoms with E-state index in [1.165, 1.54) is 12.1 Å². The van der Waals surface area contributed by atoms with Gasteiger partial charge in [0.15, 0.2) is 11.6 Å². The molecule has 0 nitrogen and oxygen atoms in total. The van der Waals surface area contributed by atoms with E-state index in [-0.39, 0.29) is 5.56 Å². The van der Waals surface area contributed by atoms with Crippen LogP contribution in [0.15, 0.2) is 23.2 Å². The lowest BCUT2D eigenvalue weighted by atomic mass is 10.2. The van der Waals surface area contributed by atoms with Gasteiger partial charge in [-0.05, 0) is 12.1 Å². The van der Waals surface area contributed by atoms with Crippen LogP contribution in [-0.4, -0.2) is 0 Å². The summed E-state index contributed by atoms with van der Waals surface area (Å²) in [6.07, 6.45) is 1.27. The summed E-state index contributed by atoms with van der Waals surface area (Å²) in [4.78, 5) is 0. The number of hydrogen-bond acceptors (Lipinski definition) is 0. The number of halogens is 3. The Kier molecular flexibility index (Phi) is 2.39. The van der Waals surface area contributed by atoms with Crippen LogP contribution in [0, 0.1) is 11.6 Å². The van der Waals surface area contributed by atoms with E-state index in [1.54, 1.807) is 0 Å². The van der Waals surface area contributed by atoms with E-state index in [0.29, 0.717) is 4.47 Å². The predicted molar refractivity (Wildman–Crippen MR) is 44.1 cm³/mol. The molecule has 3 heteroatoms. The van der Waals surface area contributed by atoms with E-state index in [1.807, 2.05) is 0 Å². The molecule has 0 atom stereocenters. The van der Waals surface area contributed by atoms with E-state index >= 15 is 0 Å². The molecule has 0 bridgehead atoms. The zero-order valence-electron chi connectivity index (χ0n) is 5.57. The maximum Gasteiger partial charge on any atom is 0.166 e. The summed E-state index contributed by atoms with van der Waals surface area (Å²) < 4.78 is 25.8. The average molecular weight is 219 g/mol. The fourth-order valence-corrected chi connectivity index (χ4v) is 1.17.